The smallest absolute Gasteiger partial charge is 0.374 e. The Kier molecular flexibility index (Phi) is 3.18. The van der Waals surface area contributed by atoms with Crippen molar-refractivity contribution in [2.45, 2.75) is 0 Å². The first kappa shape index (κ1) is 12.0. The zero-order valence-electron chi connectivity index (χ0n) is 9.84. The van der Waals surface area contributed by atoms with Crippen LogP contribution in [0.4, 0.5) is 0 Å². The van der Waals surface area contributed by atoms with Gasteiger partial charge in [-0.25, -0.2) is 4.79 Å². The molecule has 0 radical (unpaired) electrons. The largest absolute Gasteiger partial charge is 0.493 e. The van der Waals surface area contributed by atoms with Crippen LogP contribution in [0.15, 0.2) is 28.8 Å². The van der Waals surface area contributed by atoms with Gasteiger partial charge in [-0.3, -0.25) is 0 Å². The van der Waals surface area contributed by atoms with Gasteiger partial charge in [0.15, 0.2) is 11.5 Å². The molecule has 0 saturated carbocycles. The average molecular weight is 249 g/mol. The normalized spacial score (nSPS) is 10.1. The van der Waals surface area contributed by atoms with Gasteiger partial charge in [-0.15, -0.1) is 0 Å². The zero-order chi connectivity index (χ0) is 13.1. The van der Waals surface area contributed by atoms with Crippen molar-refractivity contribution in [3.63, 3.8) is 0 Å². The van der Waals surface area contributed by atoms with Crippen molar-refractivity contribution in [2.75, 3.05) is 14.2 Å². The molecule has 1 aromatic heterocycles. The van der Waals surface area contributed by atoms with Crippen molar-refractivity contribution in [1.29, 1.82) is 0 Å². The average Bonchev–Trinajstić information content (AvgIpc) is 2.87. The third-order valence-corrected chi connectivity index (χ3v) is 2.40. The topological polar surface area (TPSA) is 81.8 Å². The van der Waals surface area contributed by atoms with Crippen LogP contribution in [0.3, 0.4) is 0 Å². The van der Waals surface area contributed by atoms with Crippen LogP contribution in [-0.2, 0) is 0 Å². The number of carbonyl (C=O) groups is 1. The van der Waals surface area contributed by atoms with E-state index in [4.69, 9.17) is 14.6 Å². The number of carboxylic acid groups (broad SMARTS) is 1. The Hall–Kier alpha value is -2.50. The molecule has 0 unspecified atom stereocenters. The van der Waals surface area contributed by atoms with E-state index in [9.17, 15) is 4.79 Å². The highest BCUT2D eigenvalue weighted by Crippen LogP contribution is 2.31. The Bertz CT molecular complexity index is 576. The van der Waals surface area contributed by atoms with E-state index in [0.29, 0.717) is 22.8 Å². The molecule has 0 spiro atoms. The van der Waals surface area contributed by atoms with Crippen molar-refractivity contribution in [2.24, 2.45) is 0 Å². The van der Waals surface area contributed by atoms with Gasteiger partial charge in [-0.2, -0.15) is 0 Å². The van der Waals surface area contributed by atoms with Crippen LogP contribution in [0.25, 0.3) is 11.3 Å². The van der Waals surface area contributed by atoms with E-state index in [2.05, 4.69) is 9.68 Å². The second-order valence-corrected chi connectivity index (χ2v) is 3.45. The summed E-state index contributed by atoms with van der Waals surface area (Å²) in [6.45, 7) is 0. The number of hydrogen-bond acceptors (Lipinski definition) is 5. The van der Waals surface area contributed by atoms with Gasteiger partial charge in [-0.1, -0.05) is 5.16 Å². The first-order valence-electron chi connectivity index (χ1n) is 5.08. The number of ether oxygens (including phenoxy) is 2. The lowest BCUT2D eigenvalue weighted by Gasteiger charge is -2.07. The number of nitrogens with zero attached hydrogens (tertiary/aromatic N) is 1. The molecule has 2 rings (SSSR count). The molecule has 1 heterocycles. The molecule has 1 N–H and O–H groups in total. The summed E-state index contributed by atoms with van der Waals surface area (Å²) in [7, 11) is 3.06. The van der Waals surface area contributed by atoms with Gasteiger partial charge < -0.3 is 19.1 Å². The minimum absolute atomic E-state index is 0.209. The number of rotatable bonds is 4. The van der Waals surface area contributed by atoms with Gasteiger partial charge in [0, 0.05) is 11.6 Å². The minimum atomic E-state index is -1.16. The summed E-state index contributed by atoms with van der Waals surface area (Å²) in [5.41, 5.74) is 1.11. The van der Waals surface area contributed by atoms with E-state index in [-0.39, 0.29) is 5.76 Å². The fourth-order valence-electron chi connectivity index (χ4n) is 1.51. The third kappa shape index (κ3) is 2.13. The molecule has 1 aromatic carbocycles. The van der Waals surface area contributed by atoms with Crippen LogP contribution in [0.1, 0.15) is 10.6 Å². The number of hydrogen-bond donors (Lipinski definition) is 1. The highest BCUT2D eigenvalue weighted by Gasteiger charge is 2.14. The van der Waals surface area contributed by atoms with Crippen LogP contribution >= 0.6 is 0 Å². The van der Waals surface area contributed by atoms with E-state index >= 15 is 0 Å². The van der Waals surface area contributed by atoms with Gasteiger partial charge in [0.05, 0.1) is 14.2 Å². The second-order valence-electron chi connectivity index (χ2n) is 3.45. The quantitative estimate of drug-likeness (QED) is 0.893. The SMILES string of the molecule is COc1ccc(-c2cc(C(=O)O)on2)cc1OC. The number of aromatic carboxylic acids is 1. The summed E-state index contributed by atoms with van der Waals surface area (Å²) < 4.78 is 14.9. The Morgan fingerprint density at radius 1 is 1.22 bits per heavy atom. The first-order valence-corrected chi connectivity index (χ1v) is 5.08. The van der Waals surface area contributed by atoms with Crippen molar-refractivity contribution in [3.8, 4) is 22.8 Å². The Morgan fingerprint density at radius 2 is 1.94 bits per heavy atom. The second kappa shape index (κ2) is 4.79. The van der Waals surface area contributed by atoms with Crippen LogP contribution in [0.2, 0.25) is 0 Å². The molecule has 0 aliphatic rings. The van der Waals surface area contributed by atoms with Crippen molar-refractivity contribution in [3.05, 3.63) is 30.0 Å². The predicted molar refractivity (Wildman–Crippen MR) is 62.0 cm³/mol. The van der Waals surface area contributed by atoms with Gasteiger partial charge in [0.1, 0.15) is 5.69 Å². The zero-order valence-corrected chi connectivity index (χ0v) is 9.84. The van der Waals surface area contributed by atoms with E-state index in [1.165, 1.54) is 20.3 Å². The summed E-state index contributed by atoms with van der Waals surface area (Å²) in [4.78, 5) is 10.7. The number of methoxy groups -OCH3 is 2. The molecule has 0 atom stereocenters. The third-order valence-electron chi connectivity index (χ3n) is 2.40. The van der Waals surface area contributed by atoms with Crippen LogP contribution < -0.4 is 9.47 Å². The van der Waals surface area contributed by atoms with E-state index in [1.807, 2.05) is 0 Å². The standard InChI is InChI=1S/C12H11NO5/c1-16-9-4-3-7(5-10(9)17-2)8-6-11(12(14)15)18-13-8/h3-6H,1-2H3,(H,14,15). The Labute approximate surface area is 103 Å². The van der Waals surface area contributed by atoms with E-state index < -0.39 is 5.97 Å². The number of carboxylic acids is 1. The molecule has 2 aromatic rings. The van der Waals surface area contributed by atoms with Crippen molar-refractivity contribution >= 4 is 5.97 Å². The fourth-order valence-corrected chi connectivity index (χ4v) is 1.51. The summed E-state index contributed by atoms with van der Waals surface area (Å²) in [6, 6.07) is 6.50. The molecule has 0 bridgehead atoms. The van der Waals surface area contributed by atoms with Gasteiger partial charge in [0.2, 0.25) is 5.76 Å². The lowest BCUT2D eigenvalue weighted by molar-refractivity contribution is 0.0652. The maximum absolute atomic E-state index is 10.7. The van der Waals surface area contributed by atoms with Gasteiger partial charge in [0.25, 0.3) is 0 Å². The molecule has 18 heavy (non-hydrogen) atoms. The number of aromatic nitrogens is 1. The van der Waals surface area contributed by atoms with Crippen molar-refractivity contribution < 1.29 is 23.9 Å². The number of benzene rings is 1. The molecule has 94 valence electrons. The summed E-state index contributed by atoms with van der Waals surface area (Å²) in [5.74, 6) is -0.243. The molecular formula is C12H11NO5. The highest BCUT2D eigenvalue weighted by molar-refractivity contribution is 5.85. The maximum Gasteiger partial charge on any atom is 0.374 e. The molecule has 0 aliphatic heterocycles. The molecule has 0 saturated heterocycles. The van der Waals surface area contributed by atoms with Gasteiger partial charge in [-0.05, 0) is 18.2 Å². The van der Waals surface area contributed by atoms with Gasteiger partial charge >= 0.3 is 5.97 Å². The molecule has 0 amide bonds. The molecular weight excluding hydrogens is 238 g/mol. The van der Waals surface area contributed by atoms with Crippen molar-refractivity contribution in [1.82, 2.24) is 5.16 Å². The van der Waals surface area contributed by atoms with E-state index in [0.717, 1.165) is 0 Å². The fraction of sp³-hybridized carbons (Fsp3) is 0.167. The highest BCUT2D eigenvalue weighted by atomic mass is 16.5. The lowest BCUT2D eigenvalue weighted by atomic mass is 10.1. The van der Waals surface area contributed by atoms with Crippen LogP contribution in [0.5, 0.6) is 11.5 Å². The minimum Gasteiger partial charge on any atom is -0.493 e. The summed E-state index contributed by atoms with van der Waals surface area (Å²) in [6.07, 6.45) is 0. The van der Waals surface area contributed by atoms with E-state index in [1.54, 1.807) is 18.2 Å². The molecule has 0 fully saturated rings. The predicted octanol–water partition coefficient (Wildman–Crippen LogP) is 2.06. The Morgan fingerprint density at radius 3 is 2.50 bits per heavy atom. The maximum atomic E-state index is 10.7. The van der Waals surface area contributed by atoms with Crippen LogP contribution in [-0.4, -0.2) is 30.5 Å². The van der Waals surface area contributed by atoms with Crippen LogP contribution in [0, 0.1) is 0 Å². The first-order chi connectivity index (χ1) is 8.65. The molecule has 6 heteroatoms. The monoisotopic (exact) mass is 249 g/mol. The Balaban J connectivity index is 2.41. The summed E-state index contributed by atoms with van der Waals surface area (Å²) in [5, 5.41) is 12.4. The lowest BCUT2D eigenvalue weighted by Crippen LogP contribution is -1.92. The molecule has 6 nitrogen and oxygen atoms in total. The summed E-state index contributed by atoms with van der Waals surface area (Å²) >= 11 is 0. The molecule has 0 aliphatic carbocycles.